The molecule has 4 bridgehead atoms. The molecule has 5 nitrogen and oxygen atoms in total. The van der Waals surface area contributed by atoms with Gasteiger partial charge in [-0.15, -0.1) is 0 Å². The number of allylic oxidation sites excluding steroid dienone is 2. The van der Waals surface area contributed by atoms with E-state index in [-0.39, 0.29) is 52.5 Å². The number of carbonyl (C=O) groups excluding carboxylic acids is 4. The zero-order chi connectivity index (χ0) is 22.8. The van der Waals surface area contributed by atoms with Gasteiger partial charge in [0.2, 0.25) is 0 Å². The quantitative estimate of drug-likeness (QED) is 0.505. The van der Waals surface area contributed by atoms with E-state index in [0.29, 0.717) is 19.3 Å². The van der Waals surface area contributed by atoms with Crippen LogP contribution < -0.4 is 0 Å². The van der Waals surface area contributed by atoms with Crippen molar-refractivity contribution in [2.75, 3.05) is 6.61 Å². The maximum atomic E-state index is 14.0. The van der Waals surface area contributed by atoms with Crippen molar-refractivity contribution in [2.24, 2.45) is 50.2 Å². The maximum absolute atomic E-state index is 14.0. The van der Waals surface area contributed by atoms with Crippen molar-refractivity contribution in [3.63, 3.8) is 0 Å². The van der Waals surface area contributed by atoms with Crippen LogP contribution in [0.15, 0.2) is 12.2 Å². The molecule has 0 radical (unpaired) electrons. The van der Waals surface area contributed by atoms with Crippen LogP contribution in [-0.2, 0) is 23.9 Å². The Morgan fingerprint density at radius 1 is 1.10 bits per heavy atom. The van der Waals surface area contributed by atoms with Gasteiger partial charge in [-0.3, -0.25) is 19.2 Å². The zero-order valence-electron chi connectivity index (χ0n) is 19.5. The lowest BCUT2D eigenvalue weighted by Crippen LogP contribution is -2.75. The molecule has 0 aromatic carbocycles. The largest absolute Gasteiger partial charge is 0.467 e. The van der Waals surface area contributed by atoms with E-state index in [1.165, 1.54) is 0 Å². The van der Waals surface area contributed by atoms with Crippen LogP contribution in [0.1, 0.15) is 67.2 Å². The van der Waals surface area contributed by atoms with E-state index in [1.807, 2.05) is 20.8 Å². The Kier molecular flexibility index (Phi) is 3.79. The predicted octanol–water partition coefficient (Wildman–Crippen LogP) is 3.94. The number of rotatable bonds is 3. The molecule has 0 amide bonds. The highest BCUT2D eigenvalue weighted by molar-refractivity contribution is 6.14. The third kappa shape index (κ3) is 1.86. The topological polar surface area (TPSA) is 77.5 Å². The third-order valence-electron chi connectivity index (χ3n) is 11.4. The Hall–Kier alpha value is -1.78. The summed E-state index contributed by atoms with van der Waals surface area (Å²) >= 11 is 0. The lowest BCUT2D eigenvalue weighted by Gasteiger charge is -2.70. The first-order chi connectivity index (χ1) is 14.3. The van der Waals surface area contributed by atoms with Crippen molar-refractivity contribution in [1.29, 1.82) is 0 Å². The van der Waals surface area contributed by atoms with Crippen LogP contribution in [0.5, 0.6) is 0 Å². The van der Waals surface area contributed by atoms with Crippen molar-refractivity contribution >= 4 is 23.8 Å². The first-order valence-electron chi connectivity index (χ1n) is 11.7. The number of ketones is 3. The molecule has 168 valence electrons. The SMILES string of the molecule is C[C@H]1C(=O)[C@]2(C)C[C@@]34CC[C@H]5C(C)(C)C(=O)C=C[C@]5(C)[C@@H]3C[C@@](C)(C2=O)[C@@]14COC=O. The minimum atomic E-state index is -0.973. The fraction of sp³-hybridized carbons (Fsp3) is 0.769. The molecule has 0 N–H and O–H groups in total. The summed E-state index contributed by atoms with van der Waals surface area (Å²) in [5.74, 6) is 0.216. The minimum absolute atomic E-state index is 0.0118. The Balaban J connectivity index is 1.78. The lowest BCUT2D eigenvalue weighted by molar-refractivity contribution is -0.231. The van der Waals surface area contributed by atoms with E-state index < -0.39 is 21.7 Å². The Bertz CT molecular complexity index is 963. The molecule has 8 atom stereocenters. The summed E-state index contributed by atoms with van der Waals surface area (Å²) in [6.07, 6.45) is 6.83. The van der Waals surface area contributed by atoms with E-state index in [1.54, 1.807) is 6.08 Å². The van der Waals surface area contributed by atoms with Gasteiger partial charge in [-0.2, -0.15) is 0 Å². The smallest absolute Gasteiger partial charge is 0.293 e. The Morgan fingerprint density at radius 2 is 1.77 bits per heavy atom. The van der Waals surface area contributed by atoms with Gasteiger partial charge in [-0.05, 0) is 61.3 Å². The summed E-state index contributed by atoms with van der Waals surface area (Å²) in [7, 11) is 0. The fourth-order valence-electron chi connectivity index (χ4n) is 10.2. The molecule has 6 aliphatic rings. The molecule has 0 saturated heterocycles. The molecule has 0 aromatic heterocycles. The summed E-state index contributed by atoms with van der Waals surface area (Å²) in [6, 6.07) is 0. The highest BCUT2D eigenvalue weighted by Crippen LogP contribution is 2.85. The monoisotopic (exact) mass is 426 g/mol. The van der Waals surface area contributed by atoms with E-state index in [0.717, 1.165) is 12.8 Å². The van der Waals surface area contributed by atoms with Gasteiger partial charge in [0.05, 0.1) is 12.0 Å². The molecule has 5 saturated carbocycles. The zero-order valence-corrected chi connectivity index (χ0v) is 19.5. The second-order valence-corrected chi connectivity index (χ2v) is 12.4. The molecular weight excluding hydrogens is 392 g/mol. The molecule has 0 aliphatic heterocycles. The van der Waals surface area contributed by atoms with Gasteiger partial charge in [0.1, 0.15) is 5.78 Å². The van der Waals surface area contributed by atoms with Crippen molar-refractivity contribution in [1.82, 2.24) is 0 Å². The fourth-order valence-corrected chi connectivity index (χ4v) is 10.2. The normalized spacial score (nSPS) is 53.9. The molecule has 31 heavy (non-hydrogen) atoms. The van der Waals surface area contributed by atoms with E-state index in [4.69, 9.17) is 4.74 Å². The van der Waals surface area contributed by atoms with Gasteiger partial charge in [-0.25, -0.2) is 0 Å². The van der Waals surface area contributed by atoms with Crippen LogP contribution in [0.4, 0.5) is 0 Å². The van der Waals surface area contributed by atoms with Crippen LogP contribution in [0.25, 0.3) is 0 Å². The minimum Gasteiger partial charge on any atom is -0.467 e. The average Bonchev–Trinajstić information content (AvgIpc) is 2.90. The summed E-state index contributed by atoms with van der Waals surface area (Å²) in [5.41, 5.74) is -3.36. The van der Waals surface area contributed by atoms with Gasteiger partial charge in [0, 0.05) is 22.2 Å². The third-order valence-corrected chi connectivity index (χ3v) is 11.4. The van der Waals surface area contributed by atoms with Crippen LogP contribution in [-0.4, -0.2) is 30.4 Å². The van der Waals surface area contributed by atoms with Gasteiger partial charge >= 0.3 is 0 Å². The summed E-state index contributed by atoms with van der Waals surface area (Å²) in [6.45, 7) is 12.8. The van der Waals surface area contributed by atoms with Crippen LogP contribution >= 0.6 is 0 Å². The van der Waals surface area contributed by atoms with Gasteiger partial charge < -0.3 is 4.74 Å². The predicted molar refractivity (Wildman–Crippen MR) is 114 cm³/mol. The van der Waals surface area contributed by atoms with E-state index >= 15 is 0 Å². The van der Waals surface area contributed by atoms with E-state index in [2.05, 4.69) is 26.8 Å². The molecule has 5 fully saturated rings. The second kappa shape index (κ2) is 5.58. The van der Waals surface area contributed by atoms with Gasteiger partial charge in [0.15, 0.2) is 11.6 Å². The molecule has 0 aromatic rings. The number of carbonyl (C=O) groups is 4. The number of Topliss-reactive ketones (excluding diaryl/α,β-unsaturated/α-hetero) is 2. The molecule has 6 aliphatic carbocycles. The molecule has 5 heteroatoms. The standard InChI is InChI=1S/C26H34O5/c1-15-19(29)23(5)12-25-10-7-16-21(2,3)18(28)8-9-22(16,4)17(25)11-24(6,20(23)30)26(15,25)13-31-14-27/h8-9,14-17H,7,10-13H2,1-6H3/t15-,16-,17-,22-,23-,24-,25-,26+/m0/s1. The first-order valence-corrected chi connectivity index (χ1v) is 11.7. The summed E-state index contributed by atoms with van der Waals surface area (Å²) in [5, 5.41) is 0. The highest BCUT2D eigenvalue weighted by Gasteiger charge is 2.87. The number of ether oxygens (including phenoxy) is 1. The molecular formula is C26H34O5. The van der Waals surface area contributed by atoms with E-state index in [9.17, 15) is 19.2 Å². The lowest BCUT2D eigenvalue weighted by atomic mass is 9.31. The van der Waals surface area contributed by atoms with Gasteiger partial charge in [0.25, 0.3) is 6.47 Å². The van der Waals surface area contributed by atoms with Crippen LogP contribution in [0.3, 0.4) is 0 Å². The van der Waals surface area contributed by atoms with Crippen LogP contribution in [0.2, 0.25) is 0 Å². The Labute approximate surface area is 184 Å². The summed E-state index contributed by atoms with van der Waals surface area (Å²) < 4.78 is 5.45. The van der Waals surface area contributed by atoms with Crippen molar-refractivity contribution < 1.29 is 23.9 Å². The number of fused-ring (bicyclic) bond motifs is 3. The van der Waals surface area contributed by atoms with Crippen molar-refractivity contribution in [3.05, 3.63) is 12.2 Å². The molecule has 6 rings (SSSR count). The van der Waals surface area contributed by atoms with Crippen LogP contribution in [0, 0.1) is 50.2 Å². The Morgan fingerprint density at radius 3 is 2.42 bits per heavy atom. The first kappa shape index (κ1) is 21.1. The maximum Gasteiger partial charge on any atom is 0.293 e. The molecule has 0 heterocycles. The molecule has 1 spiro atoms. The second-order valence-electron chi connectivity index (χ2n) is 12.4. The van der Waals surface area contributed by atoms with Crippen molar-refractivity contribution in [2.45, 2.75) is 67.2 Å². The summed E-state index contributed by atoms with van der Waals surface area (Å²) in [4.78, 5) is 51.6. The van der Waals surface area contributed by atoms with Crippen molar-refractivity contribution in [3.8, 4) is 0 Å². The number of hydrogen-bond acceptors (Lipinski definition) is 5. The molecule has 0 unspecified atom stereocenters. The highest BCUT2D eigenvalue weighted by atomic mass is 16.5. The van der Waals surface area contributed by atoms with Gasteiger partial charge in [-0.1, -0.05) is 40.7 Å². The number of hydrogen-bond donors (Lipinski definition) is 0. The average molecular weight is 427 g/mol.